The Morgan fingerprint density at radius 3 is 1.88 bits per heavy atom. The lowest BCUT2D eigenvalue weighted by Crippen LogP contribution is -2.41. The molecular formula is C20H17N3O3. The molecule has 0 fully saturated rings. The van der Waals surface area contributed by atoms with Gasteiger partial charge in [-0.2, -0.15) is 0 Å². The summed E-state index contributed by atoms with van der Waals surface area (Å²) in [6, 6.07) is 17.4. The van der Waals surface area contributed by atoms with Crippen LogP contribution in [-0.2, 0) is 0 Å². The van der Waals surface area contributed by atoms with Crippen LogP contribution in [0.2, 0.25) is 0 Å². The number of hydrogen-bond acceptors (Lipinski definition) is 4. The van der Waals surface area contributed by atoms with Gasteiger partial charge in [-0.3, -0.25) is 25.4 Å². The smallest absolute Gasteiger partial charge is 0.269 e. The number of benzene rings is 2. The lowest BCUT2D eigenvalue weighted by atomic mass is 10.1. The van der Waals surface area contributed by atoms with Crippen molar-refractivity contribution >= 4 is 11.8 Å². The molecule has 0 spiro atoms. The Hall–Kier alpha value is -3.67. The molecule has 0 radical (unpaired) electrons. The lowest BCUT2D eigenvalue weighted by molar-refractivity contribution is 0.0846. The van der Waals surface area contributed by atoms with Gasteiger partial charge >= 0.3 is 0 Å². The van der Waals surface area contributed by atoms with E-state index in [1.54, 1.807) is 55.9 Å². The van der Waals surface area contributed by atoms with Crippen molar-refractivity contribution in [2.45, 2.75) is 0 Å². The number of aromatic nitrogens is 1. The first-order valence-corrected chi connectivity index (χ1v) is 7.92. The highest BCUT2D eigenvalue weighted by molar-refractivity contribution is 5.99. The zero-order chi connectivity index (χ0) is 18.4. The molecule has 2 N–H and O–H groups in total. The second kappa shape index (κ2) is 7.94. The van der Waals surface area contributed by atoms with Gasteiger partial charge in [-0.25, -0.2) is 0 Å². The molecule has 0 aliphatic rings. The average Bonchev–Trinajstić information content (AvgIpc) is 2.72. The number of carbonyl (C=O) groups is 2. The Morgan fingerprint density at radius 1 is 0.808 bits per heavy atom. The summed E-state index contributed by atoms with van der Waals surface area (Å²) in [5.74, 6) is -0.156. The molecule has 0 aliphatic carbocycles. The number of pyridine rings is 1. The van der Waals surface area contributed by atoms with Crippen molar-refractivity contribution in [3.05, 3.63) is 84.2 Å². The van der Waals surface area contributed by atoms with Gasteiger partial charge in [0.25, 0.3) is 11.8 Å². The number of rotatable bonds is 4. The molecule has 1 heterocycles. The van der Waals surface area contributed by atoms with Crippen LogP contribution in [0.3, 0.4) is 0 Å². The molecule has 0 saturated carbocycles. The Morgan fingerprint density at radius 2 is 1.38 bits per heavy atom. The maximum Gasteiger partial charge on any atom is 0.269 e. The molecule has 2 amide bonds. The van der Waals surface area contributed by atoms with E-state index in [0.29, 0.717) is 16.9 Å². The molecule has 0 unspecified atom stereocenters. The normalized spacial score (nSPS) is 10.0. The highest BCUT2D eigenvalue weighted by atomic mass is 16.5. The van der Waals surface area contributed by atoms with Crippen LogP contribution in [0, 0.1) is 0 Å². The zero-order valence-corrected chi connectivity index (χ0v) is 14.1. The Bertz CT molecular complexity index is 892. The van der Waals surface area contributed by atoms with Gasteiger partial charge in [0.05, 0.1) is 7.11 Å². The van der Waals surface area contributed by atoms with Crippen LogP contribution in [0.1, 0.15) is 20.7 Å². The molecule has 0 bridgehead atoms. The van der Waals surface area contributed by atoms with Crippen molar-refractivity contribution in [2.75, 3.05) is 7.11 Å². The Balaban J connectivity index is 1.60. The fraction of sp³-hybridized carbons (Fsp3) is 0.0500. The topological polar surface area (TPSA) is 80.3 Å². The van der Waals surface area contributed by atoms with E-state index in [1.807, 2.05) is 24.3 Å². The molecule has 0 saturated heterocycles. The molecule has 6 nitrogen and oxygen atoms in total. The summed E-state index contributed by atoms with van der Waals surface area (Å²) in [6.07, 6.45) is 3.46. The SMILES string of the molecule is COc1ccc(C(=O)NNC(=O)c2ccc(-c3cccnc3)cc2)cc1. The van der Waals surface area contributed by atoms with Crippen molar-refractivity contribution < 1.29 is 14.3 Å². The van der Waals surface area contributed by atoms with Crippen LogP contribution in [0.15, 0.2) is 73.1 Å². The van der Waals surface area contributed by atoms with Crippen molar-refractivity contribution in [2.24, 2.45) is 0 Å². The van der Waals surface area contributed by atoms with Crippen molar-refractivity contribution in [3.8, 4) is 16.9 Å². The summed E-state index contributed by atoms with van der Waals surface area (Å²) in [5, 5.41) is 0. The van der Waals surface area contributed by atoms with Crippen molar-refractivity contribution in [3.63, 3.8) is 0 Å². The van der Waals surface area contributed by atoms with Crippen LogP contribution in [0.4, 0.5) is 0 Å². The predicted octanol–water partition coefficient (Wildman–Crippen LogP) is 2.83. The first kappa shape index (κ1) is 17.2. The molecule has 1 aromatic heterocycles. The number of nitrogens with one attached hydrogen (secondary N) is 2. The van der Waals surface area contributed by atoms with E-state index >= 15 is 0 Å². The molecule has 3 aromatic rings. The largest absolute Gasteiger partial charge is 0.497 e. The minimum atomic E-state index is -0.409. The minimum absolute atomic E-state index is 0.399. The summed E-state index contributed by atoms with van der Waals surface area (Å²) >= 11 is 0. The second-order valence-corrected chi connectivity index (χ2v) is 5.46. The third-order valence-corrected chi connectivity index (χ3v) is 3.78. The number of methoxy groups -OCH3 is 1. The van der Waals surface area contributed by atoms with E-state index in [-0.39, 0.29) is 0 Å². The van der Waals surface area contributed by atoms with Gasteiger partial charge in [-0.05, 0) is 53.6 Å². The fourth-order valence-electron chi connectivity index (χ4n) is 2.35. The molecule has 2 aromatic carbocycles. The van der Waals surface area contributed by atoms with E-state index in [2.05, 4.69) is 15.8 Å². The third-order valence-electron chi connectivity index (χ3n) is 3.78. The monoisotopic (exact) mass is 347 g/mol. The van der Waals surface area contributed by atoms with Gasteiger partial charge in [0.2, 0.25) is 0 Å². The van der Waals surface area contributed by atoms with Crippen LogP contribution in [-0.4, -0.2) is 23.9 Å². The summed E-state index contributed by atoms with van der Waals surface area (Å²) in [7, 11) is 1.55. The van der Waals surface area contributed by atoms with E-state index in [1.165, 1.54) is 0 Å². The fourth-order valence-corrected chi connectivity index (χ4v) is 2.35. The van der Waals surface area contributed by atoms with E-state index in [0.717, 1.165) is 11.1 Å². The predicted molar refractivity (Wildman–Crippen MR) is 97.6 cm³/mol. The van der Waals surface area contributed by atoms with E-state index < -0.39 is 11.8 Å². The zero-order valence-electron chi connectivity index (χ0n) is 14.1. The molecule has 130 valence electrons. The maximum absolute atomic E-state index is 12.2. The van der Waals surface area contributed by atoms with Crippen LogP contribution in [0.25, 0.3) is 11.1 Å². The number of hydrogen-bond donors (Lipinski definition) is 2. The second-order valence-electron chi connectivity index (χ2n) is 5.46. The van der Waals surface area contributed by atoms with Gasteiger partial charge < -0.3 is 4.74 Å². The summed E-state index contributed by atoms with van der Waals surface area (Å²) in [4.78, 5) is 28.3. The molecule has 0 aliphatic heterocycles. The van der Waals surface area contributed by atoms with Gasteiger partial charge in [0.15, 0.2) is 0 Å². The number of hydrazine groups is 1. The number of nitrogens with zero attached hydrogens (tertiary/aromatic N) is 1. The Labute approximate surface area is 150 Å². The van der Waals surface area contributed by atoms with Gasteiger partial charge in [0.1, 0.15) is 5.75 Å². The average molecular weight is 347 g/mol. The number of carbonyl (C=O) groups excluding carboxylic acids is 2. The molecular weight excluding hydrogens is 330 g/mol. The third kappa shape index (κ3) is 4.05. The van der Waals surface area contributed by atoms with Crippen LogP contribution in [0.5, 0.6) is 5.75 Å². The number of amides is 2. The highest BCUT2D eigenvalue weighted by Gasteiger charge is 2.09. The Kier molecular flexibility index (Phi) is 5.24. The van der Waals surface area contributed by atoms with Crippen molar-refractivity contribution in [1.82, 2.24) is 15.8 Å². The van der Waals surface area contributed by atoms with Crippen LogP contribution >= 0.6 is 0 Å². The molecule has 0 atom stereocenters. The molecule has 6 heteroatoms. The van der Waals surface area contributed by atoms with Gasteiger partial charge in [-0.1, -0.05) is 18.2 Å². The minimum Gasteiger partial charge on any atom is -0.497 e. The molecule has 26 heavy (non-hydrogen) atoms. The summed E-state index contributed by atoms with van der Waals surface area (Å²) in [6.45, 7) is 0. The van der Waals surface area contributed by atoms with Crippen molar-refractivity contribution in [1.29, 1.82) is 0 Å². The van der Waals surface area contributed by atoms with Gasteiger partial charge in [0, 0.05) is 23.5 Å². The van der Waals surface area contributed by atoms with E-state index in [9.17, 15) is 9.59 Å². The lowest BCUT2D eigenvalue weighted by Gasteiger charge is -2.08. The van der Waals surface area contributed by atoms with Crippen LogP contribution < -0.4 is 15.6 Å². The quantitative estimate of drug-likeness (QED) is 0.711. The highest BCUT2D eigenvalue weighted by Crippen LogP contribution is 2.18. The standard InChI is InChI=1S/C20H17N3O3/c1-26-18-10-8-16(9-11-18)20(25)23-22-19(24)15-6-4-14(5-7-15)17-3-2-12-21-13-17/h2-13H,1H3,(H,22,24)(H,23,25). The maximum atomic E-state index is 12.2. The van der Waals surface area contributed by atoms with E-state index in [4.69, 9.17) is 4.74 Å². The number of ether oxygens (including phenoxy) is 1. The first-order chi connectivity index (χ1) is 12.7. The summed E-state index contributed by atoms with van der Waals surface area (Å²) in [5.41, 5.74) is 7.57. The van der Waals surface area contributed by atoms with Gasteiger partial charge in [-0.15, -0.1) is 0 Å². The molecule has 3 rings (SSSR count). The first-order valence-electron chi connectivity index (χ1n) is 7.92. The summed E-state index contributed by atoms with van der Waals surface area (Å²) < 4.78 is 5.04.